The lowest BCUT2D eigenvalue weighted by molar-refractivity contribution is -0.119. The summed E-state index contributed by atoms with van der Waals surface area (Å²) in [4.78, 5) is 16.7. The largest absolute Gasteiger partial charge is 0.350 e. The fraction of sp³-hybridized carbons (Fsp3) is 0.200. The van der Waals surface area contributed by atoms with E-state index < -0.39 is 10.0 Å². The number of hydrogen-bond acceptors (Lipinski definition) is 4. The van der Waals surface area contributed by atoms with Crippen molar-refractivity contribution in [2.24, 2.45) is 0 Å². The molecule has 3 rings (SSSR count). The van der Waals surface area contributed by atoms with Crippen molar-refractivity contribution in [3.05, 3.63) is 71.9 Å². The monoisotopic (exact) mass is 383 g/mol. The van der Waals surface area contributed by atoms with Crippen LogP contribution in [0.15, 0.2) is 60.8 Å². The molecule has 2 aromatic carbocycles. The molecule has 0 saturated heterocycles. The van der Waals surface area contributed by atoms with Gasteiger partial charge in [0.2, 0.25) is 15.9 Å². The molecule has 0 spiro atoms. The number of benzene rings is 2. The van der Waals surface area contributed by atoms with Crippen LogP contribution in [-0.4, -0.2) is 32.1 Å². The zero-order valence-electron chi connectivity index (χ0n) is 15.2. The Morgan fingerprint density at radius 2 is 1.85 bits per heavy atom. The van der Waals surface area contributed by atoms with Crippen LogP contribution < -0.4 is 9.62 Å². The molecule has 27 heavy (non-hydrogen) atoms. The highest BCUT2D eigenvalue weighted by Crippen LogP contribution is 2.26. The number of carbonyl (C=O) groups is 1. The first-order valence-corrected chi connectivity index (χ1v) is 10.3. The Labute approximate surface area is 158 Å². The summed E-state index contributed by atoms with van der Waals surface area (Å²) in [5, 5.41) is 3.59. The zero-order chi connectivity index (χ0) is 19.4. The Balaban J connectivity index is 1.82. The summed E-state index contributed by atoms with van der Waals surface area (Å²) in [6.07, 6.45) is 2.69. The normalized spacial score (nSPS) is 11.3. The lowest BCUT2D eigenvalue weighted by Gasteiger charge is -2.23. The number of fused-ring (bicyclic) bond motifs is 1. The van der Waals surface area contributed by atoms with Crippen LogP contribution in [0.3, 0.4) is 0 Å². The summed E-state index contributed by atoms with van der Waals surface area (Å²) in [5.74, 6) is -0.380. The Morgan fingerprint density at radius 3 is 2.59 bits per heavy atom. The Kier molecular flexibility index (Phi) is 5.41. The van der Waals surface area contributed by atoms with Crippen LogP contribution >= 0.6 is 0 Å². The van der Waals surface area contributed by atoms with Crippen LogP contribution in [0.4, 0.5) is 5.69 Å². The van der Waals surface area contributed by atoms with Crippen molar-refractivity contribution in [3.63, 3.8) is 0 Å². The highest BCUT2D eigenvalue weighted by atomic mass is 32.2. The van der Waals surface area contributed by atoms with Gasteiger partial charge in [-0.2, -0.15) is 0 Å². The van der Waals surface area contributed by atoms with Gasteiger partial charge < -0.3 is 5.32 Å². The van der Waals surface area contributed by atoms with Crippen molar-refractivity contribution < 1.29 is 13.2 Å². The third-order valence-corrected chi connectivity index (χ3v) is 5.27. The van der Waals surface area contributed by atoms with Gasteiger partial charge in [0.25, 0.3) is 0 Å². The van der Waals surface area contributed by atoms with Gasteiger partial charge in [0.15, 0.2) is 0 Å². The Bertz CT molecular complexity index is 1080. The summed E-state index contributed by atoms with van der Waals surface area (Å²) in [5.41, 5.74) is 2.99. The third kappa shape index (κ3) is 4.62. The summed E-state index contributed by atoms with van der Waals surface area (Å²) in [6, 6.07) is 16.7. The molecule has 0 radical (unpaired) electrons. The van der Waals surface area contributed by atoms with E-state index in [1.165, 1.54) is 0 Å². The maximum absolute atomic E-state index is 12.4. The van der Waals surface area contributed by atoms with E-state index in [-0.39, 0.29) is 12.5 Å². The highest BCUT2D eigenvalue weighted by Gasteiger charge is 2.23. The number of sulfonamides is 1. The minimum Gasteiger partial charge on any atom is -0.350 e. The van der Waals surface area contributed by atoms with Crippen LogP contribution in [0.1, 0.15) is 11.1 Å². The van der Waals surface area contributed by atoms with Gasteiger partial charge in [-0.3, -0.25) is 14.1 Å². The maximum Gasteiger partial charge on any atom is 0.241 e. The van der Waals surface area contributed by atoms with Crippen LogP contribution in [-0.2, 0) is 21.4 Å². The highest BCUT2D eigenvalue weighted by molar-refractivity contribution is 7.92. The number of nitrogens with one attached hydrogen (secondary N) is 1. The van der Waals surface area contributed by atoms with Gasteiger partial charge in [0.1, 0.15) is 6.54 Å². The molecule has 0 fully saturated rings. The molecular weight excluding hydrogens is 362 g/mol. The van der Waals surface area contributed by atoms with Gasteiger partial charge in [0, 0.05) is 18.1 Å². The van der Waals surface area contributed by atoms with E-state index in [0.717, 1.165) is 27.1 Å². The molecule has 0 aliphatic heterocycles. The van der Waals surface area contributed by atoms with E-state index in [0.29, 0.717) is 17.7 Å². The number of rotatable bonds is 6. The lowest BCUT2D eigenvalue weighted by atomic mass is 10.1. The van der Waals surface area contributed by atoms with Gasteiger partial charge >= 0.3 is 0 Å². The van der Waals surface area contributed by atoms with Crippen molar-refractivity contribution in [1.29, 1.82) is 0 Å². The summed E-state index contributed by atoms with van der Waals surface area (Å²) in [6.45, 7) is 2.01. The fourth-order valence-electron chi connectivity index (χ4n) is 2.88. The van der Waals surface area contributed by atoms with Gasteiger partial charge in [-0.1, -0.05) is 48.0 Å². The second-order valence-electron chi connectivity index (χ2n) is 6.39. The number of aryl methyl sites for hydroxylation is 1. The first-order valence-electron chi connectivity index (χ1n) is 8.48. The van der Waals surface area contributed by atoms with E-state index in [4.69, 9.17) is 0 Å². The second kappa shape index (κ2) is 7.75. The quantitative estimate of drug-likeness (QED) is 0.710. The van der Waals surface area contributed by atoms with Crippen molar-refractivity contribution in [1.82, 2.24) is 10.3 Å². The molecule has 6 nitrogen and oxygen atoms in total. The molecule has 7 heteroatoms. The topological polar surface area (TPSA) is 79.4 Å². The third-order valence-electron chi connectivity index (χ3n) is 4.14. The van der Waals surface area contributed by atoms with Gasteiger partial charge in [-0.25, -0.2) is 8.42 Å². The summed E-state index contributed by atoms with van der Waals surface area (Å²) >= 11 is 0. The SMILES string of the molecule is Cc1cccc(CNC(=O)CN(c2cccc3cccnc23)S(C)(=O)=O)c1. The number of aromatic nitrogens is 1. The number of carbonyl (C=O) groups excluding carboxylic acids is 1. The smallest absolute Gasteiger partial charge is 0.241 e. The standard InChI is InChI=1S/C20H21N3O3S/c1-15-6-3-7-16(12-15)13-22-19(24)14-23(27(2,25)26)18-10-4-8-17-9-5-11-21-20(17)18/h3-12H,13-14H2,1-2H3,(H,22,24). The minimum atomic E-state index is -3.66. The van der Waals surface area contributed by atoms with Crippen molar-refractivity contribution in [2.45, 2.75) is 13.5 Å². The molecule has 3 aromatic rings. The van der Waals surface area contributed by atoms with Gasteiger partial charge in [-0.05, 0) is 24.6 Å². The van der Waals surface area contributed by atoms with E-state index in [1.54, 1.807) is 24.4 Å². The molecule has 0 saturated carbocycles. The zero-order valence-corrected chi connectivity index (χ0v) is 16.0. The molecule has 0 aliphatic carbocycles. The molecule has 0 bridgehead atoms. The Morgan fingerprint density at radius 1 is 1.11 bits per heavy atom. The predicted molar refractivity (Wildman–Crippen MR) is 107 cm³/mol. The average molecular weight is 383 g/mol. The van der Waals surface area contributed by atoms with Crippen molar-refractivity contribution in [2.75, 3.05) is 17.1 Å². The molecular formula is C20H21N3O3S. The number of para-hydroxylation sites is 1. The summed E-state index contributed by atoms with van der Waals surface area (Å²) < 4.78 is 25.8. The van der Waals surface area contributed by atoms with Crippen LogP contribution in [0.5, 0.6) is 0 Å². The number of hydrogen-bond donors (Lipinski definition) is 1. The first-order chi connectivity index (χ1) is 12.8. The predicted octanol–water partition coefficient (Wildman–Crippen LogP) is 2.63. The fourth-order valence-corrected chi connectivity index (χ4v) is 3.74. The van der Waals surface area contributed by atoms with Crippen molar-refractivity contribution >= 4 is 32.5 Å². The second-order valence-corrected chi connectivity index (χ2v) is 8.29. The average Bonchev–Trinajstić information content (AvgIpc) is 2.63. The Hall–Kier alpha value is -2.93. The first kappa shape index (κ1) is 18.8. The van der Waals surface area contributed by atoms with E-state index in [9.17, 15) is 13.2 Å². The molecule has 1 amide bonds. The van der Waals surface area contributed by atoms with E-state index in [1.807, 2.05) is 43.3 Å². The van der Waals surface area contributed by atoms with E-state index in [2.05, 4.69) is 10.3 Å². The molecule has 1 N–H and O–H groups in total. The van der Waals surface area contributed by atoms with Crippen LogP contribution in [0.25, 0.3) is 10.9 Å². The van der Waals surface area contributed by atoms with Gasteiger partial charge in [0.05, 0.1) is 17.5 Å². The number of nitrogens with zero attached hydrogens (tertiary/aromatic N) is 2. The number of pyridine rings is 1. The van der Waals surface area contributed by atoms with E-state index >= 15 is 0 Å². The molecule has 0 aliphatic rings. The lowest BCUT2D eigenvalue weighted by Crippen LogP contribution is -2.40. The van der Waals surface area contributed by atoms with Gasteiger partial charge in [-0.15, -0.1) is 0 Å². The van der Waals surface area contributed by atoms with Crippen LogP contribution in [0.2, 0.25) is 0 Å². The molecule has 1 heterocycles. The number of amides is 1. The molecule has 0 unspecified atom stereocenters. The van der Waals surface area contributed by atoms with Crippen molar-refractivity contribution in [3.8, 4) is 0 Å². The maximum atomic E-state index is 12.4. The number of anilines is 1. The molecule has 140 valence electrons. The molecule has 1 aromatic heterocycles. The minimum absolute atomic E-state index is 0.305. The molecule has 0 atom stereocenters. The van der Waals surface area contributed by atoms with Crippen LogP contribution in [0, 0.1) is 6.92 Å². The summed E-state index contributed by atoms with van der Waals surface area (Å²) in [7, 11) is -3.66.